The molecule has 2 N–H and O–H groups in total. The first-order valence-corrected chi connectivity index (χ1v) is 6.51. The molecule has 2 amide bonds. The smallest absolute Gasteiger partial charge is 0.315 e. The zero-order chi connectivity index (χ0) is 12.0. The van der Waals surface area contributed by atoms with E-state index in [2.05, 4.69) is 22.8 Å². The number of hydrogen-bond donors (Lipinski definition) is 2. The van der Waals surface area contributed by atoms with Crippen LogP contribution in [0.1, 0.15) is 19.4 Å². The molecule has 0 unspecified atom stereocenters. The van der Waals surface area contributed by atoms with Gasteiger partial charge in [0, 0.05) is 17.5 Å². The van der Waals surface area contributed by atoms with Crippen LogP contribution in [0.2, 0.25) is 0 Å². The van der Waals surface area contributed by atoms with Gasteiger partial charge in [0.25, 0.3) is 0 Å². The molecule has 0 saturated carbocycles. The van der Waals surface area contributed by atoms with Gasteiger partial charge in [-0.25, -0.2) is 4.79 Å². The summed E-state index contributed by atoms with van der Waals surface area (Å²) in [6, 6.07) is 8.22. The first-order valence-electron chi connectivity index (χ1n) is 5.29. The third-order valence-electron chi connectivity index (χ3n) is 2.03. The Bertz CT molecular complexity index is 335. The molecule has 4 heteroatoms. The van der Waals surface area contributed by atoms with Crippen LogP contribution in [0.3, 0.4) is 0 Å². The summed E-state index contributed by atoms with van der Waals surface area (Å²) in [4.78, 5) is 12.6. The summed E-state index contributed by atoms with van der Waals surface area (Å²) in [7, 11) is 0. The molecular weight excluding hydrogens is 220 g/mol. The van der Waals surface area contributed by atoms with E-state index < -0.39 is 0 Å². The van der Waals surface area contributed by atoms with E-state index in [0.717, 1.165) is 5.56 Å². The van der Waals surface area contributed by atoms with Crippen LogP contribution in [-0.2, 0) is 6.54 Å². The highest BCUT2D eigenvalue weighted by molar-refractivity contribution is 7.98. The SMILES string of the molecule is CSc1ccc(CNC(=O)NC(C)C)cc1. The van der Waals surface area contributed by atoms with Crippen molar-refractivity contribution >= 4 is 17.8 Å². The largest absolute Gasteiger partial charge is 0.336 e. The third kappa shape index (κ3) is 4.57. The highest BCUT2D eigenvalue weighted by Gasteiger charge is 2.01. The van der Waals surface area contributed by atoms with E-state index in [1.807, 2.05) is 32.2 Å². The van der Waals surface area contributed by atoms with Gasteiger partial charge in [-0.05, 0) is 37.8 Å². The fourth-order valence-electron chi connectivity index (χ4n) is 1.24. The number of carbonyl (C=O) groups excluding carboxylic acids is 1. The van der Waals surface area contributed by atoms with Crippen LogP contribution in [0.4, 0.5) is 4.79 Å². The highest BCUT2D eigenvalue weighted by Crippen LogP contribution is 2.14. The van der Waals surface area contributed by atoms with Crippen LogP contribution in [-0.4, -0.2) is 18.3 Å². The van der Waals surface area contributed by atoms with Crippen molar-refractivity contribution in [2.75, 3.05) is 6.26 Å². The Morgan fingerprint density at radius 3 is 2.44 bits per heavy atom. The Labute approximate surface area is 101 Å². The highest BCUT2D eigenvalue weighted by atomic mass is 32.2. The molecule has 0 atom stereocenters. The second kappa shape index (κ2) is 6.43. The fourth-order valence-corrected chi connectivity index (χ4v) is 1.65. The van der Waals surface area contributed by atoms with Gasteiger partial charge in [-0.1, -0.05) is 12.1 Å². The molecular formula is C12H18N2OS. The summed E-state index contributed by atoms with van der Waals surface area (Å²) in [5, 5.41) is 5.59. The molecule has 16 heavy (non-hydrogen) atoms. The van der Waals surface area contributed by atoms with Crippen molar-refractivity contribution in [3.8, 4) is 0 Å². The number of urea groups is 1. The van der Waals surface area contributed by atoms with Gasteiger partial charge in [0.2, 0.25) is 0 Å². The summed E-state index contributed by atoms with van der Waals surface area (Å²) < 4.78 is 0. The number of benzene rings is 1. The number of amides is 2. The Hall–Kier alpha value is -1.16. The summed E-state index contributed by atoms with van der Waals surface area (Å²) in [5.41, 5.74) is 1.11. The lowest BCUT2D eigenvalue weighted by atomic mass is 10.2. The lowest BCUT2D eigenvalue weighted by Crippen LogP contribution is -2.38. The van der Waals surface area contributed by atoms with E-state index in [9.17, 15) is 4.79 Å². The average Bonchev–Trinajstić information content (AvgIpc) is 2.26. The molecule has 3 nitrogen and oxygen atoms in total. The van der Waals surface area contributed by atoms with Crippen molar-refractivity contribution in [1.82, 2.24) is 10.6 Å². The van der Waals surface area contributed by atoms with Crippen molar-refractivity contribution in [2.45, 2.75) is 31.3 Å². The molecule has 1 rings (SSSR count). The number of rotatable bonds is 4. The van der Waals surface area contributed by atoms with Crippen molar-refractivity contribution in [3.63, 3.8) is 0 Å². The zero-order valence-corrected chi connectivity index (χ0v) is 10.7. The second-order valence-electron chi connectivity index (χ2n) is 3.83. The molecule has 0 saturated heterocycles. The Kier molecular flexibility index (Phi) is 5.19. The number of hydrogen-bond acceptors (Lipinski definition) is 2. The van der Waals surface area contributed by atoms with Crippen LogP contribution in [0.5, 0.6) is 0 Å². The van der Waals surface area contributed by atoms with Crippen LogP contribution < -0.4 is 10.6 Å². The molecule has 88 valence electrons. The van der Waals surface area contributed by atoms with Gasteiger partial charge in [0.1, 0.15) is 0 Å². The summed E-state index contributed by atoms with van der Waals surface area (Å²) in [6.07, 6.45) is 2.04. The van der Waals surface area contributed by atoms with Gasteiger partial charge in [0.15, 0.2) is 0 Å². The minimum absolute atomic E-state index is 0.121. The lowest BCUT2D eigenvalue weighted by Gasteiger charge is -2.10. The normalized spacial score (nSPS) is 10.2. The van der Waals surface area contributed by atoms with Gasteiger partial charge in [-0.15, -0.1) is 11.8 Å². The van der Waals surface area contributed by atoms with Crippen molar-refractivity contribution in [1.29, 1.82) is 0 Å². The van der Waals surface area contributed by atoms with Crippen molar-refractivity contribution in [2.24, 2.45) is 0 Å². The van der Waals surface area contributed by atoms with E-state index in [1.54, 1.807) is 11.8 Å². The minimum Gasteiger partial charge on any atom is -0.336 e. The quantitative estimate of drug-likeness (QED) is 0.792. The second-order valence-corrected chi connectivity index (χ2v) is 4.71. The standard InChI is InChI=1S/C12H18N2OS/c1-9(2)14-12(15)13-8-10-4-6-11(16-3)7-5-10/h4-7,9H,8H2,1-3H3,(H2,13,14,15). The van der Waals surface area contributed by atoms with Gasteiger partial charge in [-0.3, -0.25) is 0 Å². The van der Waals surface area contributed by atoms with E-state index in [1.165, 1.54) is 4.90 Å². The third-order valence-corrected chi connectivity index (χ3v) is 2.78. The number of nitrogens with one attached hydrogen (secondary N) is 2. The van der Waals surface area contributed by atoms with Gasteiger partial charge in [0.05, 0.1) is 0 Å². The van der Waals surface area contributed by atoms with Crippen molar-refractivity contribution in [3.05, 3.63) is 29.8 Å². The van der Waals surface area contributed by atoms with Gasteiger partial charge in [-0.2, -0.15) is 0 Å². The first kappa shape index (κ1) is 12.9. The van der Waals surface area contributed by atoms with Crippen LogP contribution >= 0.6 is 11.8 Å². The maximum absolute atomic E-state index is 11.3. The Morgan fingerprint density at radius 1 is 1.31 bits per heavy atom. The maximum atomic E-state index is 11.3. The maximum Gasteiger partial charge on any atom is 0.315 e. The van der Waals surface area contributed by atoms with Gasteiger partial charge < -0.3 is 10.6 Å². The van der Waals surface area contributed by atoms with Crippen molar-refractivity contribution < 1.29 is 4.79 Å². The number of carbonyl (C=O) groups is 1. The van der Waals surface area contributed by atoms with E-state index in [4.69, 9.17) is 0 Å². The summed E-state index contributed by atoms with van der Waals surface area (Å²) in [5.74, 6) is 0. The van der Waals surface area contributed by atoms with Crippen LogP contribution in [0, 0.1) is 0 Å². The fraction of sp³-hybridized carbons (Fsp3) is 0.417. The Morgan fingerprint density at radius 2 is 1.94 bits per heavy atom. The molecule has 0 radical (unpaired) electrons. The first-order chi connectivity index (χ1) is 7.61. The molecule has 0 spiro atoms. The molecule has 0 aromatic heterocycles. The van der Waals surface area contributed by atoms with E-state index in [0.29, 0.717) is 6.54 Å². The average molecular weight is 238 g/mol. The monoisotopic (exact) mass is 238 g/mol. The Balaban J connectivity index is 2.39. The molecule has 0 fully saturated rings. The lowest BCUT2D eigenvalue weighted by molar-refractivity contribution is 0.238. The molecule has 0 aliphatic heterocycles. The predicted octanol–water partition coefficient (Wildman–Crippen LogP) is 2.62. The molecule has 0 heterocycles. The summed E-state index contributed by atoms with van der Waals surface area (Å²) >= 11 is 1.71. The topological polar surface area (TPSA) is 41.1 Å². The van der Waals surface area contributed by atoms with E-state index in [-0.39, 0.29) is 12.1 Å². The van der Waals surface area contributed by atoms with Gasteiger partial charge >= 0.3 is 6.03 Å². The molecule has 1 aromatic carbocycles. The zero-order valence-electron chi connectivity index (χ0n) is 9.91. The van der Waals surface area contributed by atoms with E-state index >= 15 is 0 Å². The molecule has 1 aromatic rings. The van der Waals surface area contributed by atoms with Crippen LogP contribution in [0.25, 0.3) is 0 Å². The number of thioether (sulfide) groups is 1. The minimum atomic E-state index is -0.121. The molecule has 0 bridgehead atoms. The molecule has 0 aliphatic carbocycles. The van der Waals surface area contributed by atoms with Crippen LogP contribution in [0.15, 0.2) is 29.2 Å². The predicted molar refractivity (Wildman–Crippen MR) is 68.7 cm³/mol. The summed E-state index contributed by atoms with van der Waals surface area (Å²) in [6.45, 7) is 4.44. The molecule has 0 aliphatic rings.